The van der Waals surface area contributed by atoms with Crippen LogP contribution in [0.1, 0.15) is 12.8 Å². The third-order valence-electron chi connectivity index (χ3n) is 3.56. The highest BCUT2D eigenvalue weighted by Crippen LogP contribution is 2.23. The molecule has 2 aromatic rings. The van der Waals surface area contributed by atoms with Crippen molar-refractivity contribution in [2.24, 2.45) is 0 Å². The average Bonchev–Trinajstić information content (AvgIpc) is 2.81. The topological polar surface area (TPSA) is 44.0 Å². The Hall–Kier alpha value is -1.55. The van der Waals surface area contributed by atoms with Crippen LogP contribution < -0.4 is 5.32 Å². The van der Waals surface area contributed by atoms with Crippen molar-refractivity contribution in [3.05, 3.63) is 24.4 Å². The summed E-state index contributed by atoms with van der Waals surface area (Å²) in [6.07, 6.45) is 4.32. The Labute approximate surface area is 101 Å². The molecular formula is C13H18N4. The number of aromatic nitrogens is 2. The van der Waals surface area contributed by atoms with Crippen molar-refractivity contribution in [3.8, 4) is 0 Å². The Bertz CT molecular complexity index is 497. The van der Waals surface area contributed by atoms with Crippen molar-refractivity contribution in [3.63, 3.8) is 0 Å². The zero-order valence-electron chi connectivity index (χ0n) is 10.1. The lowest BCUT2D eigenvalue weighted by Crippen LogP contribution is -2.36. The number of aromatic amines is 1. The number of anilines is 1. The molecular weight excluding hydrogens is 212 g/mol. The molecule has 0 unspecified atom stereocenters. The van der Waals surface area contributed by atoms with E-state index in [0.29, 0.717) is 6.04 Å². The molecule has 0 spiro atoms. The van der Waals surface area contributed by atoms with Gasteiger partial charge >= 0.3 is 0 Å². The van der Waals surface area contributed by atoms with Gasteiger partial charge in [0.15, 0.2) is 0 Å². The highest BCUT2D eigenvalue weighted by atomic mass is 15.1. The van der Waals surface area contributed by atoms with Crippen LogP contribution in [0.3, 0.4) is 0 Å². The number of H-pyrrole nitrogens is 1. The molecule has 1 aliphatic rings. The van der Waals surface area contributed by atoms with Crippen molar-refractivity contribution in [2.75, 3.05) is 25.5 Å². The Kier molecular flexibility index (Phi) is 2.73. The van der Waals surface area contributed by atoms with Gasteiger partial charge in [-0.25, -0.2) is 0 Å². The minimum absolute atomic E-state index is 0.590. The molecule has 1 saturated heterocycles. The highest BCUT2D eigenvalue weighted by Gasteiger charge is 2.16. The van der Waals surface area contributed by atoms with E-state index in [1.165, 1.54) is 37.0 Å². The molecule has 0 bridgehead atoms. The largest absolute Gasteiger partial charge is 0.382 e. The van der Waals surface area contributed by atoms with E-state index in [9.17, 15) is 0 Å². The molecule has 1 fully saturated rings. The van der Waals surface area contributed by atoms with Gasteiger partial charge in [-0.1, -0.05) is 6.07 Å². The zero-order valence-corrected chi connectivity index (χ0v) is 10.1. The fraction of sp³-hybridized carbons (Fsp3) is 0.462. The Morgan fingerprint density at radius 3 is 3.00 bits per heavy atom. The number of benzene rings is 1. The normalized spacial score (nSPS) is 18.6. The van der Waals surface area contributed by atoms with E-state index in [2.05, 4.69) is 45.7 Å². The summed E-state index contributed by atoms with van der Waals surface area (Å²) in [5.74, 6) is 0. The summed E-state index contributed by atoms with van der Waals surface area (Å²) >= 11 is 0. The lowest BCUT2D eigenvalue weighted by atomic mass is 10.0. The van der Waals surface area contributed by atoms with Crippen molar-refractivity contribution >= 4 is 16.6 Å². The summed E-state index contributed by atoms with van der Waals surface area (Å²) in [5.41, 5.74) is 2.30. The van der Waals surface area contributed by atoms with Crippen molar-refractivity contribution in [1.29, 1.82) is 0 Å². The maximum absolute atomic E-state index is 4.09. The van der Waals surface area contributed by atoms with Crippen LogP contribution in [0.2, 0.25) is 0 Å². The monoisotopic (exact) mass is 230 g/mol. The first-order chi connectivity index (χ1) is 8.33. The predicted molar refractivity (Wildman–Crippen MR) is 70.2 cm³/mol. The standard InChI is InChI=1S/C13H18N4/c1-17-7-5-10(6-8-17)15-12-3-2-4-13-11(12)9-14-16-13/h2-4,9-10,15H,5-8H2,1H3,(H,14,16). The Balaban J connectivity index is 1.78. The maximum Gasteiger partial charge on any atom is 0.0671 e. The number of likely N-dealkylation sites (tertiary alicyclic amines) is 1. The number of piperidine rings is 1. The first kappa shape index (κ1) is 10.6. The number of rotatable bonds is 2. The van der Waals surface area contributed by atoms with Crippen LogP contribution in [0.15, 0.2) is 24.4 Å². The number of nitrogens with zero attached hydrogens (tertiary/aromatic N) is 2. The fourth-order valence-electron chi connectivity index (χ4n) is 2.47. The highest BCUT2D eigenvalue weighted by molar-refractivity contribution is 5.90. The fourth-order valence-corrected chi connectivity index (χ4v) is 2.47. The molecule has 2 heterocycles. The minimum atomic E-state index is 0.590. The quantitative estimate of drug-likeness (QED) is 0.830. The molecule has 1 aromatic heterocycles. The number of fused-ring (bicyclic) bond motifs is 1. The zero-order chi connectivity index (χ0) is 11.7. The lowest BCUT2D eigenvalue weighted by Gasteiger charge is -2.30. The second-order valence-corrected chi connectivity index (χ2v) is 4.86. The van der Waals surface area contributed by atoms with E-state index in [4.69, 9.17) is 0 Å². The van der Waals surface area contributed by atoms with Gasteiger partial charge in [0, 0.05) is 17.1 Å². The van der Waals surface area contributed by atoms with Gasteiger partial charge in [-0.05, 0) is 45.1 Å². The van der Waals surface area contributed by atoms with Gasteiger partial charge in [0.2, 0.25) is 0 Å². The molecule has 17 heavy (non-hydrogen) atoms. The molecule has 0 radical (unpaired) electrons. The van der Waals surface area contributed by atoms with Gasteiger partial charge in [0.05, 0.1) is 11.7 Å². The summed E-state index contributed by atoms with van der Waals surface area (Å²) in [7, 11) is 2.19. The maximum atomic E-state index is 4.09. The van der Waals surface area contributed by atoms with Crippen LogP contribution in [0.25, 0.3) is 10.9 Å². The first-order valence-corrected chi connectivity index (χ1v) is 6.20. The SMILES string of the molecule is CN1CCC(Nc2cccc3[nH]ncc23)CC1. The summed E-state index contributed by atoms with van der Waals surface area (Å²) in [5, 5.41) is 11.9. The predicted octanol–water partition coefficient (Wildman–Crippen LogP) is 2.07. The molecule has 1 aliphatic heterocycles. The molecule has 0 saturated carbocycles. The van der Waals surface area contributed by atoms with E-state index < -0.39 is 0 Å². The van der Waals surface area contributed by atoms with Gasteiger partial charge in [-0.15, -0.1) is 0 Å². The van der Waals surface area contributed by atoms with Crippen molar-refractivity contribution < 1.29 is 0 Å². The van der Waals surface area contributed by atoms with E-state index in [0.717, 1.165) is 5.52 Å². The van der Waals surface area contributed by atoms with Crippen LogP contribution in [-0.4, -0.2) is 41.3 Å². The van der Waals surface area contributed by atoms with Crippen LogP contribution in [0, 0.1) is 0 Å². The van der Waals surface area contributed by atoms with Gasteiger partial charge < -0.3 is 10.2 Å². The molecule has 0 amide bonds. The molecule has 0 aliphatic carbocycles. The number of hydrogen-bond acceptors (Lipinski definition) is 3. The van der Waals surface area contributed by atoms with Gasteiger partial charge in [0.25, 0.3) is 0 Å². The van der Waals surface area contributed by atoms with Crippen LogP contribution in [-0.2, 0) is 0 Å². The summed E-state index contributed by atoms with van der Waals surface area (Å²) in [6.45, 7) is 2.36. The first-order valence-electron chi connectivity index (χ1n) is 6.20. The number of hydrogen-bond donors (Lipinski definition) is 2. The van der Waals surface area contributed by atoms with Crippen LogP contribution in [0.5, 0.6) is 0 Å². The van der Waals surface area contributed by atoms with E-state index in [-0.39, 0.29) is 0 Å². The summed E-state index contributed by atoms with van der Waals surface area (Å²) in [4.78, 5) is 2.39. The molecule has 90 valence electrons. The van der Waals surface area contributed by atoms with E-state index >= 15 is 0 Å². The van der Waals surface area contributed by atoms with Crippen molar-refractivity contribution in [2.45, 2.75) is 18.9 Å². The van der Waals surface area contributed by atoms with E-state index in [1.54, 1.807) is 0 Å². The second kappa shape index (κ2) is 4.37. The second-order valence-electron chi connectivity index (χ2n) is 4.86. The molecule has 4 nitrogen and oxygen atoms in total. The third kappa shape index (κ3) is 2.13. The van der Waals surface area contributed by atoms with Crippen LogP contribution in [0.4, 0.5) is 5.69 Å². The average molecular weight is 230 g/mol. The van der Waals surface area contributed by atoms with Crippen LogP contribution >= 0.6 is 0 Å². The summed E-state index contributed by atoms with van der Waals surface area (Å²) < 4.78 is 0. The van der Waals surface area contributed by atoms with Crippen molar-refractivity contribution in [1.82, 2.24) is 15.1 Å². The molecule has 1 aromatic carbocycles. The summed E-state index contributed by atoms with van der Waals surface area (Å²) in [6, 6.07) is 6.85. The molecule has 4 heteroatoms. The third-order valence-corrected chi connectivity index (χ3v) is 3.56. The molecule has 0 atom stereocenters. The Morgan fingerprint density at radius 1 is 1.35 bits per heavy atom. The van der Waals surface area contributed by atoms with Gasteiger partial charge in [-0.3, -0.25) is 5.10 Å². The molecule has 2 N–H and O–H groups in total. The van der Waals surface area contributed by atoms with Gasteiger partial charge in [0.1, 0.15) is 0 Å². The lowest BCUT2D eigenvalue weighted by molar-refractivity contribution is 0.264. The Morgan fingerprint density at radius 2 is 2.18 bits per heavy atom. The van der Waals surface area contributed by atoms with Gasteiger partial charge in [-0.2, -0.15) is 5.10 Å². The smallest absolute Gasteiger partial charge is 0.0671 e. The number of nitrogens with one attached hydrogen (secondary N) is 2. The molecule has 3 rings (SSSR count). The van der Waals surface area contributed by atoms with E-state index in [1.807, 2.05) is 6.20 Å². The minimum Gasteiger partial charge on any atom is -0.382 e.